The first-order valence-electron chi connectivity index (χ1n) is 8.10. The van der Waals surface area contributed by atoms with Crippen LogP contribution in [-0.4, -0.2) is 17.9 Å². The monoisotopic (exact) mass is 351 g/mol. The molecule has 0 bridgehead atoms. The normalized spacial score (nSPS) is 10.7. The van der Waals surface area contributed by atoms with Gasteiger partial charge in [0.1, 0.15) is 16.9 Å². The molecule has 0 aliphatic carbocycles. The van der Waals surface area contributed by atoms with Crippen LogP contribution in [0.1, 0.15) is 34.6 Å². The topological polar surface area (TPSA) is 85.6 Å². The summed E-state index contributed by atoms with van der Waals surface area (Å²) in [4.78, 5) is 36.2. The Morgan fingerprint density at radius 3 is 2.46 bits per heavy atom. The molecule has 1 aromatic heterocycles. The molecule has 1 amide bonds. The van der Waals surface area contributed by atoms with Crippen molar-refractivity contribution in [2.24, 2.45) is 0 Å². The molecule has 0 atom stereocenters. The maximum Gasteiger partial charge on any atom is 0.349 e. The number of hydrogen-bond donors (Lipinski definition) is 1. The average Bonchev–Trinajstić information content (AvgIpc) is 2.61. The lowest BCUT2D eigenvalue weighted by molar-refractivity contribution is 0.0734. The van der Waals surface area contributed by atoms with Gasteiger partial charge >= 0.3 is 11.6 Å². The third-order valence-electron chi connectivity index (χ3n) is 3.59. The van der Waals surface area contributed by atoms with Gasteiger partial charge in [0.25, 0.3) is 5.91 Å². The van der Waals surface area contributed by atoms with E-state index in [1.807, 2.05) is 0 Å². The van der Waals surface area contributed by atoms with Crippen LogP contribution in [0, 0.1) is 0 Å². The fourth-order valence-electron chi connectivity index (χ4n) is 2.39. The summed E-state index contributed by atoms with van der Waals surface area (Å²) < 4.78 is 10.5. The lowest BCUT2D eigenvalue weighted by Crippen LogP contribution is -2.33. The van der Waals surface area contributed by atoms with Gasteiger partial charge in [0, 0.05) is 17.5 Å². The van der Waals surface area contributed by atoms with Crippen LogP contribution in [0.4, 0.5) is 0 Å². The second-order valence-corrected chi connectivity index (χ2v) is 6.03. The van der Waals surface area contributed by atoms with Gasteiger partial charge in [0.05, 0.1) is 5.56 Å². The van der Waals surface area contributed by atoms with Crippen molar-refractivity contribution in [1.82, 2.24) is 5.32 Å². The van der Waals surface area contributed by atoms with Crippen LogP contribution in [0.5, 0.6) is 5.75 Å². The van der Waals surface area contributed by atoms with Crippen LogP contribution in [0.15, 0.2) is 63.8 Å². The molecule has 1 N–H and O–H groups in total. The first kappa shape index (κ1) is 17.4. The van der Waals surface area contributed by atoms with Crippen molar-refractivity contribution in [2.75, 3.05) is 0 Å². The fourth-order valence-corrected chi connectivity index (χ4v) is 2.39. The van der Waals surface area contributed by atoms with Crippen molar-refractivity contribution < 1.29 is 18.7 Å². The second-order valence-electron chi connectivity index (χ2n) is 6.03. The van der Waals surface area contributed by atoms with E-state index in [1.165, 1.54) is 12.1 Å². The summed E-state index contributed by atoms with van der Waals surface area (Å²) >= 11 is 0. The number of carbonyl (C=O) groups is 2. The van der Waals surface area contributed by atoms with Crippen molar-refractivity contribution in [1.29, 1.82) is 0 Å². The summed E-state index contributed by atoms with van der Waals surface area (Å²) in [5.41, 5.74) is -0.174. The van der Waals surface area contributed by atoms with E-state index in [2.05, 4.69) is 5.32 Å². The first-order chi connectivity index (χ1) is 12.4. The molecule has 3 aromatic rings. The molecular formula is C20H17NO5. The quantitative estimate of drug-likeness (QED) is 0.443. The van der Waals surface area contributed by atoms with Gasteiger partial charge in [-0.25, -0.2) is 9.59 Å². The summed E-state index contributed by atoms with van der Waals surface area (Å²) in [6.45, 7) is 3.60. The SMILES string of the molecule is CC(C)NC(=O)c1cc2ccc(OC(=O)c3ccccc3)cc2oc1=O. The van der Waals surface area contributed by atoms with E-state index >= 15 is 0 Å². The number of ether oxygens (including phenoxy) is 1. The maximum absolute atomic E-state index is 12.1. The van der Waals surface area contributed by atoms with E-state index in [9.17, 15) is 14.4 Å². The Morgan fingerprint density at radius 2 is 1.77 bits per heavy atom. The van der Waals surface area contributed by atoms with E-state index in [0.29, 0.717) is 10.9 Å². The molecule has 0 aliphatic rings. The standard InChI is InChI=1S/C20H17NO5/c1-12(2)21-18(22)16-10-14-8-9-15(11-17(14)26-20(16)24)25-19(23)13-6-4-3-5-7-13/h3-12H,1-2H3,(H,21,22). The lowest BCUT2D eigenvalue weighted by Gasteiger charge is -2.08. The largest absolute Gasteiger partial charge is 0.423 e. The smallest absolute Gasteiger partial charge is 0.349 e. The summed E-state index contributed by atoms with van der Waals surface area (Å²) in [6, 6.07) is 14.6. The molecular weight excluding hydrogens is 334 g/mol. The lowest BCUT2D eigenvalue weighted by atomic mass is 10.1. The molecule has 1 heterocycles. The Balaban J connectivity index is 1.89. The number of amides is 1. The molecule has 26 heavy (non-hydrogen) atoms. The number of benzene rings is 2. The van der Waals surface area contributed by atoms with Gasteiger partial charge in [-0.2, -0.15) is 0 Å². The number of esters is 1. The van der Waals surface area contributed by atoms with E-state index in [0.717, 1.165) is 0 Å². The van der Waals surface area contributed by atoms with Crippen molar-refractivity contribution >= 4 is 22.8 Å². The number of nitrogens with one attached hydrogen (secondary N) is 1. The number of fused-ring (bicyclic) bond motifs is 1. The molecule has 0 radical (unpaired) electrons. The summed E-state index contributed by atoms with van der Waals surface area (Å²) in [5.74, 6) is -0.760. The molecule has 6 nitrogen and oxygen atoms in total. The van der Waals surface area contributed by atoms with Gasteiger partial charge in [0.15, 0.2) is 0 Å². The molecule has 6 heteroatoms. The Kier molecular flexibility index (Phi) is 4.84. The average molecular weight is 351 g/mol. The van der Waals surface area contributed by atoms with Gasteiger partial charge in [-0.1, -0.05) is 18.2 Å². The Morgan fingerprint density at radius 1 is 1.04 bits per heavy atom. The van der Waals surface area contributed by atoms with Crippen LogP contribution in [0.2, 0.25) is 0 Å². The summed E-state index contributed by atoms with van der Waals surface area (Å²) in [7, 11) is 0. The third kappa shape index (κ3) is 3.80. The molecule has 3 rings (SSSR count). The molecule has 0 fully saturated rings. The molecule has 0 saturated heterocycles. The van der Waals surface area contributed by atoms with Gasteiger partial charge in [-0.3, -0.25) is 4.79 Å². The number of carbonyl (C=O) groups excluding carboxylic acids is 2. The summed E-state index contributed by atoms with van der Waals surface area (Å²) in [5, 5.41) is 3.21. The van der Waals surface area contributed by atoms with Crippen molar-refractivity contribution in [2.45, 2.75) is 19.9 Å². The van der Waals surface area contributed by atoms with Gasteiger partial charge in [0.2, 0.25) is 0 Å². The highest BCUT2D eigenvalue weighted by atomic mass is 16.5. The highest BCUT2D eigenvalue weighted by molar-refractivity contribution is 5.97. The Labute approximate surface area is 149 Å². The van der Waals surface area contributed by atoms with Crippen LogP contribution in [-0.2, 0) is 0 Å². The van der Waals surface area contributed by atoms with Crippen LogP contribution in [0.3, 0.4) is 0 Å². The van der Waals surface area contributed by atoms with E-state index in [-0.39, 0.29) is 22.9 Å². The first-order valence-corrected chi connectivity index (χ1v) is 8.10. The van der Waals surface area contributed by atoms with E-state index in [4.69, 9.17) is 9.15 Å². The zero-order valence-corrected chi connectivity index (χ0v) is 14.3. The van der Waals surface area contributed by atoms with E-state index in [1.54, 1.807) is 56.3 Å². The van der Waals surface area contributed by atoms with Crippen LogP contribution in [0.25, 0.3) is 11.0 Å². The minimum absolute atomic E-state index is 0.0692. The van der Waals surface area contributed by atoms with Crippen molar-refractivity contribution in [3.05, 3.63) is 76.1 Å². The highest BCUT2D eigenvalue weighted by Gasteiger charge is 2.15. The van der Waals surface area contributed by atoms with Crippen LogP contribution < -0.4 is 15.7 Å². The molecule has 2 aromatic carbocycles. The molecule has 0 unspecified atom stereocenters. The Bertz CT molecular complexity index is 1020. The number of hydrogen-bond acceptors (Lipinski definition) is 5. The highest BCUT2D eigenvalue weighted by Crippen LogP contribution is 2.21. The zero-order chi connectivity index (χ0) is 18.7. The van der Waals surface area contributed by atoms with Gasteiger partial charge in [-0.05, 0) is 44.2 Å². The predicted octanol–water partition coefficient (Wildman–Crippen LogP) is 3.15. The minimum Gasteiger partial charge on any atom is -0.423 e. The zero-order valence-electron chi connectivity index (χ0n) is 14.3. The molecule has 132 valence electrons. The fraction of sp³-hybridized carbons (Fsp3) is 0.150. The maximum atomic E-state index is 12.1. The van der Waals surface area contributed by atoms with Crippen LogP contribution >= 0.6 is 0 Å². The molecule has 0 aliphatic heterocycles. The molecule has 0 spiro atoms. The van der Waals surface area contributed by atoms with E-state index < -0.39 is 17.5 Å². The Hall–Kier alpha value is -3.41. The van der Waals surface area contributed by atoms with Gasteiger partial charge < -0.3 is 14.5 Å². The third-order valence-corrected chi connectivity index (χ3v) is 3.59. The molecule has 0 saturated carbocycles. The summed E-state index contributed by atoms with van der Waals surface area (Å²) in [6.07, 6.45) is 0. The predicted molar refractivity (Wildman–Crippen MR) is 96.5 cm³/mol. The van der Waals surface area contributed by atoms with Gasteiger partial charge in [-0.15, -0.1) is 0 Å². The second kappa shape index (κ2) is 7.23. The number of rotatable bonds is 4. The minimum atomic E-state index is -0.748. The van der Waals surface area contributed by atoms with Crippen molar-refractivity contribution in [3.63, 3.8) is 0 Å². The van der Waals surface area contributed by atoms with Crippen molar-refractivity contribution in [3.8, 4) is 5.75 Å².